The minimum atomic E-state index is 0.324. The Morgan fingerprint density at radius 3 is 2.18 bits per heavy atom. The topological polar surface area (TPSA) is 0 Å². The predicted molar refractivity (Wildman–Crippen MR) is 78.2 cm³/mol. The Balaban J connectivity index is 3.24. The van der Waals surface area contributed by atoms with Crippen molar-refractivity contribution in [3.63, 3.8) is 0 Å². The van der Waals surface area contributed by atoms with E-state index in [-0.39, 0.29) is 0 Å². The Hall–Kier alpha value is -0.490. The van der Waals surface area contributed by atoms with Crippen LogP contribution in [0.25, 0.3) is 0 Å². The van der Waals surface area contributed by atoms with Crippen LogP contribution in [0, 0.1) is 17.3 Å². The van der Waals surface area contributed by atoms with Crippen LogP contribution in [-0.2, 0) is 0 Å². The van der Waals surface area contributed by atoms with Crippen molar-refractivity contribution in [3.8, 4) is 0 Å². The molecule has 0 atom stereocenters. The maximum atomic E-state index is 6.35. The molecule has 1 aliphatic carbocycles. The second-order valence-electron chi connectivity index (χ2n) is 5.70. The molecule has 0 radical (unpaired) electrons. The van der Waals surface area contributed by atoms with Crippen molar-refractivity contribution in [1.82, 2.24) is 0 Å². The lowest BCUT2D eigenvalue weighted by Crippen LogP contribution is -2.32. The first-order valence-electron chi connectivity index (χ1n) is 6.56. The molecule has 0 aliphatic heterocycles. The van der Waals surface area contributed by atoms with Crippen LogP contribution in [0.15, 0.2) is 34.9 Å². The summed E-state index contributed by atoms with van der Waals surface area (Å²) in [5, 5.41) is 0.876. The number of hydrogen-bond acceptors (Lipinski definition) is 0. The highest BCUT2D eigenvalue weighted by atomic mass is 35.5. The quantitative estimate of drug-likeness (QED) is 0.563. The fourth-order valence-corrected chi connectivity index (χ4v) is 3.93. The van der Waals surface area contributed by atoms with Gasteiger partial charge in [-0.15, -0.1) is 0 Å². The average molecular weight is 253 g/mol. The highest BCUT2D eigenvalue weighted by Gasteiger charge is 2.43. The number of hydrogen-bond donors (Lipinski definition) is 0. The summed E-state index contributed by atoms with van der Waals surface area (Å²) in [4.78, 5) is 0. The van der Waals surface area contributed by atoms with Gasteiger partial charge in [0.05, 0.1) is 0 Å². The van der Waals surface area contributed by atoms with E-state index in [1.54, 1.807) is 6.08 Å². The van der Waals surface area contributed by atoms with Gasteiger partial charge in [0.25, 0.3) is 0 Å². The molecule has 0 bridgehead atoms. The number of halogens is 1. The van der Waals surface area contributed by atoms with E-state index in [1.165, 1.54) is 17.6 Å². The molecule has 17 heavy (non-hydrogen) atoms. The molecular formula is C16H25Cl. The Morgan fingerprint density at radius 1 is 1.29 bits per heavy atom. The minimum absolute atomic E-state index is 0.324. The summed E-state index contributed by atoms with van der Waals surface area (Å²) in [6, 6.07) is 0. The molecule has 0 spiro atoms. The SMILES string of the molecule is C=C/C=C(/Cl)C1=C(C)C(C(C)C)(C(C)C)CC1. The van der Waals surface area contributed by atoms with Gasteiger partial charge in [-0.25, -0.2) is 0 Å². The predicted octanol–water partition coefficient (Wildman–Crippen LogP) is 5.70. The van der Waals surface area contributed by atoms with E-state index in [1.807, 2.05) is 6.08 Å². The molecule has 0 aromatic carbocycles. The molecule has 0 N–H and O–H groups in total. The summed E-state index contributed by atoms with van der Waals surface area (Å²) in [6.07, 6.45) is 6.01. The van der Waals surface area contributed by atoms with Crippen LogP contribution in [0.4, 0.5) is 0 Å². The summed E-state index contributed by atoms with van der Waals surface area (Å²) < 4.78 is 0. The van der Waals surface area contributed by atoms with Gasteiger partial charge in [-0.2, -0.15) is 0 Å². The van der Waals surface area contributed by atoms with Crippen LogP contribution in [-0.4, -0.2) is 0 Å². The molecule has 0 aromatic heterocycles. The summed E-state index contributed by atoms with van der Waals surface area (Å²) >= 11 is 6.35. The second-order valence-corrected chi connectivity index (χ2v) is 6.11. The van der Waals surface area contributed by atoms with Crippen LogP contribution in [0.5, 0.6) is 0 Å². The normalized spacial score (nSPS) is 20.6. The van der Waals surface area contributed by atoms with Crippen molar-refractivity contribution in [2.45, 2.75) is 47.5 Å². The van der Waals surface area contributed by atoms with Crippen LogP contribution in [0.1, 0.15) is 47.5 Å². The molecule has 0 heterocycles. The van der Waals surface area contributed by atoms with E-state index in [0.717, 1.165) is 11.5 Å². The molecule has 0 amide bonds. The van der Waals surface area contributed by atoms with Crippen molar-refractivity contribution < 1.29 is 0 Å². The molecule has 96 valence electrons. The van der Waals surface area contributed by atoms with Gasteiger partial charge in [0.2, 0.25) is 0 Å². The van der Waals surface area contributed by atoms with Crippen LogP contribution >= 0.6 is 11.6 Å². The number of allylic oxidation sites excluding steroid dienone is 5. The molecule has 0 aromatic rings. The molecule has 0 fully saturated rings. The van der Waals surface area contributed by atoms with Gasteiger partial charge in [-0.3, -0.25) is 0 Å². The van der Waals surface area contributed by atoms with Gasteiger partial charge >= 0.3 is 0 Å². The van der Waals surface area contributed by atoms with Crippen molar-refractivity contribution >= 4 is 11.6 Å². The van der Waals surface area contributed by atoms with Crippen molar-refractivity contribution in [1.29, 1.82) is 0 Å². The summed E-state index contributed by atoms with van der Waals surface area (Å²) in [5.74, 6) is 1.32. The molecule has 0 saturated heterocycles. The molecule has 1 heteroatoms. The Labute approximate surface area is 111 Å². The van der Waals surface area contributed by atoms with Crippen LogP contribution in [0.2, 0.25) is 0 Å². The van der Waals surface area contributed by atoms with Crippen LogP contribution in [0.3, 0.4) is 0 Å². The lowest BCUT2D eigenvalue weighted by atomic mass is 9.65. The fraction of sp³-hybridized carbons (Fsp3) is 0.625. The molecule has 1 aliphatic rings. The average Bonchev–Trinajstić information content (AvgIpc) is 2.57. The van der Waals surface area contributed by atoms with Crippen LogP contribution < -0.4 is 0 Å². The second kappa shape index (κ2) is 5.44. The van der Waals surface area contributed by atoms with E-state index >= 15 is 0 Å². The van der Waals surface area contributed by atoms with E-state index in [4.69, 9.17) is 11.6 Å². The highest BCUT2D eigenvalue weighted by Crippen LogP contribution is 2.54. The molecule has 1 rings (SSSR count). The summed E-state index contributed by atoms with van der Waals surface area (Å²) in [7, 11) is 0. The van der Waals surface area contributed by atoms with Gasteiger partial charge in [-0.05, 0) is 48.7 Å². The largest absolute Gasteiger partial charge is 0.0990 e. The van der Waals surface area contributed by atoms with Crippen molar-refractivity contribution in [2.24, 2.45) is 17.3 Å². The highest BCUT2D eigenvalue weighted by molar-refractivity contribution is 6.32. The van der Waals surface area contributed by atoms with Gasteiger partial charge in [0, 0.05) is 5.03 Å². The third-order valence-corrected chi connectivity index (χ3v) is 4.91. The summed E-state index contributed by atoms with van der Waals surface area (Å²) in [6.45, 7) is 15.3. The standard InChI is InChI=1S/C16H25Cl/c1-7-8-15(17)14-9-10-16(11(2)3,12(4)5)13(14)6/h7-8,11-12H,1,9-10H2,2-6H3/b15-8+. The van der Waals surface area contributed by atoms with Gasteiger partial charge in [-0.1, -0.05) is 57.5 Å². The van der Waals surface area contributed by atoms with Crippen molar-refractivity contribution in [3.05, 3.63) is 34.9 Å². The van der Waals surface area contributed by atoms with Gasteiger partial charge < -0.3 is 0 Å². The van der Waals surface area contributed by atoms with Gasteiger partial charge in [0.1, 0.15) is 0 Å². The Kier molecular flexibility index (Phi) is 4.66. The van der Waals surface area contributed by atoms with Gasteiger partial charge in [0.15, 0.2) is 0 Å². The van der Waals surface area contributed by atoms with Crippen molar-refractivity contribution in [2.75, 3.05) is 0 Å². The molecule has 0 saturated carbocycles. The zero-order chi connectivity index (χ0) is 13.2. The minimum Gasteiger partial charge on any atom is -0.0990 e. The maximum Gasteiger partial charge on any atom is 0.0437 e. The zero-order valence-corrected chi connectivity index (χ0v) is 12.6. The third-order valence-electron chi connectivity index (χ3n) is 4.55. The molecule has 0 unspecified atom stereocenters. The first-order chi connectivity index (χ1) is 7.87. The Morgan fingerprint density at radius 2 is 1.82 bits per heavy atom. The van der Waals surface area contributed by atoms with E-state index in [0.29, 0.717) is 17.3 Å². The zero-order valence-electron chi connectivity index (χ0n) is 11.8. The first kappa shape index (κ1) is 14.6. The first-order valence-corrected chi connectivity index (χ1v) is 6.94. The van der Waals surface area contributed by atoms with E-state index in [9.17, 15) is 0 Å². The van der Waals surface area contributed by atoms with E-state index < -0.39 is 0 Å². The summed E-state index contributed by atoms with van der Waals surface area (Å²) in [5.41, 5.74) is 3.16. The fourth-order valence-electron chi connectivity index (χ4n) is 3.60. The van der Waals surface area contributed by atoms with E-state index in [2.05, 4.69) is 41.2 Å². The third kappa shape index (κ3) is 2.38. The Bertz CT molecular complexity index is 348. The molecule has 0 nitrogen and oxygen atoms in total. The lowest BCUT2D eigenvalue weighted by molar-refractivity contribution is 0.161. The number of rotatable bonds is 4. The molecular weight excluding hydrogens is 228 g/mol. The smallest absolute Gasteiger partial charge is 0.0437 e. The maximum absolute atomic E-state index is 6.35. The lowest BCUT2D eigenvalue weighted by Gasteiger charge is -2.40. The monoisotopic (exact) mass is 252 g/mol.